The summed E-state index contributed by atoms with van der Waals surface area (Å²) in [6, 6.07) is 4.86. The molecule has 1 rings (SSSR count). The summed E-state index contributed by atoms with van der Waals surface area (Å²) in [5.74, 6) is -0.277. The lowest BCUT2D eigenvalue weighted by molar-refractivity contribution is 0.0528. The van der Waals surface area contributed by atoms with Gasteiger partial charge in [0.15, 0.2) is 0 Å². The van der Waals surface area contributed by atoms with Crippen molar-refractivity contribution in [3.63, 3.8) is 0 Å². The molecular weight excluding hydrogens is 327 g/mol. The summed E-state index contributed by atoms with van der Waals surface area (Å²) in [4.78, 5) is 11.4. The molecule has 1 aromatic rings. The van der Waals surface area contributed by atoms with Crippen molar-refractivity contribution >= 4 is 22.0 Å². The lowest BCUT2D eigenvalue weighted by Crippen LogP contribution is -2.36. The molecule has 20 heavy (non-hydrogen) atoms. The van der Waals surface area contributed by atoms with Crippen molar-refractivity contribution in [1.29, 1.82) is 0 Å². The zero-order chi connectivity index (χ0) is 15.2. The van der Waals surface area contributed by atoms with E-state index in [0.29, 0.717) is 24.1 Å². The molecule has 0 unspecified atom stereocenters. The number of nitrogens with one attached hydrogen (secondary N) is 2. The third-order valence-electron chi connectivity index (χ3n) is 2.28. The van der Waals surface area contributed by atoms with Crippen LogP contribution >= 0.6 is 15.9 Å². The summed E-state index contributed by atoms with van der Waals surface area (Å²) in [6.45, 7) is 7.13. The summed E-state index contributed by atoms with van der Waals surface area (Å²) in [5, 5.41) is 5.81. The summed E-state index contributed by atoms with van der Waals surface area (Å²) >= 11 is 3.14. The molecule has 1 aromatic carbocycles. The Bertz CT molecular complexity index is 461. The van der Waals surface area contributed by atoms with Crippen molar-refractivity contribution in [2.75, 3.05) is 13.1 Å². The molecule has 0 fully saturated rings. The standard InChI is InChI=1S/C14H20BrFN2O2/c1-14(2,3)20-13(19)18-7-6-17-9-10-4-5-12(16)11(15)8-10/h4-5,8,17H,6-7,9H2,1-3H3,(H,18,19). The number of hydrogen-bond donors (Lipinski definition) is 2. The quantitative estimate of drug-likeness (QED) is 0.805. The highest BCUT2D eigenvalue weighted by atomic mass is 79.9. The van der Waals surface area contributed by atoms with Crippen LogP contribution in [0.4, 0.5) is 9.18 Å². The first-order chi connectivity index (χ1) is 9.28. The van der Waals surface area contributed by atoms with Crippen LogP contribution in [0, 0.1) is 5.82 Å². The van der Waals surface area contributed by atoms with Crippen LogP contribution < -0.4 is 10.6 Å². The molecule has 2 N–H and O–H groups in total. The Morgan fingerprint density at radius 1 is 1.35 bits per heavy atom. The Hall–Kier alpha value is -1.14. The van der Waals surface area contributed by atoms with Crippen LogP contribution in [0.2, 0.25) is 0 Å². The van der Waals surface area contributed by atoms with Crippen LogP contribution in [0.5, 0.6) is 0 Å². The smallest absolute Gasteiger partial charge is 0.407 e. The lowest BCUT2D eigenvalue weighted by atomic mass is 10.2. The second-order valence-electron chi connectivity index (χ2n) is 5.35. The van der Waals surface area contributed by atoms with Crippen molar-refractivity contribution in [1.82, 2.24) is 10.6 Å². The molecule has 0 saturated carbocycles. The summed E-state index contributed by atoms with van der Waals surface area (Å²) < 4.78 is 18.6. The van der Waals surface area contributed by atoms with E-state index in [1.165, 1.54) is 6.07 Å². The highest BCUT2D eigenvalue weighted by Crippen LogP contribution is 2.16. The Labute approximate surface area is 127 Å². The van der Waals surface area contributed by atoms with Crippen molar-refractivity contribution < 1.29 is 13.9 Å². The van der Waals surface area contributed by atoms with Gasteiger partial charge in [-0.3, -0.25) is 0 Å². The van der Waals surface area contributed by atoms with E-state index >= 15 is 0 Å². The van der Waals surface area contributed by atoms with Crippen LogP contribution in [0.25, 0.3) is 0 Å². The minimum Gasteiger partial charge on any atom is -0.444 e. The average Bonchev–Trinajstić information content (AvgIpc) is 2.31. The van der Waals surface area contributed by atoms with E-state index in [1.54, 1.807) is 12.1 Å². The van der Waals surface area contributed by atoms with Gasteiger partial charge in [-0.25, -0.2) is 9.18 Å². The van der Waals surface area contributed by atoms with Crippen LogP contribution in [-0.4, -0.2) is 24.8 Å². The van der Waals surface area contributed by atoms with Gasteiger partial charge < -0.3 is 15.4 Å². The summed E-state index contributed by atoms with van der Waals surface area (Å²) in [5.41, 5.74) is 0.480. The Morgan fingerprint density at radius 2 is 2.05 bits per heavy atom. The number of halogens is 2. The SMILES string of the molecule is CC(C)(C)OC(=O)NCCNCc1ccc(F)c(Br)c1. The highest BCUT2D eigenvalue weighted by Gasteiger charge is 2.15. The van der Waals surface area contributed by atoms with Gasteiger partial charge in [-0.2, -0.15) is 0 Å². The molecule has 0 spiro atoms. The molecule has 0 heterocycles. The van der Waals surface area contributed by atoms with E-state index in [4.69, 9.17) is 4.74 Å². The van der Waals surface area contributed by atoms with E-state index in [2.05, 4.69) is 26.6 Å². The van der Waals surface area contributed by atoms with Crippen LogP contribution in [0.3, 0.4) is 0 Å². The molecule has 0 bridgehead atoms. The molecule has 1 amide bonds. The van der Waals surface area contributed by atoms with Gasteiger partial charge in [0.05, 0.1) is 4.47 Å². The van der Waals surface area contributed by atoms with Gasteiger partial charge in [0.25, 0.3) is 0 Å². The second-order valence-corrected chi connectivity index (χ2v) is 6.21. The van der Waals surface area contributed by atoms with Gasteiger partial charge in [0.1, 0.15) is 11.4 Å². The van der Waals surface area contributed by atoms with Crippen LogP contribution in [-0.2, 0) is 11.3 Å². The number of carbonyl (C=O) groups is 1. The molecule has 0 aliphatic heterocycles. The van der Waals surface area contributed by atoms with Gasteiger partial charge in [-0.05, 0) is 54.4 Å². The molecule has 0 aliphatic carbocycles. The van der Waals surface area contributed by atoms with Gasteiger partial charge in [0.2, 0.25) is 0 Å². The lowest BCUT2D eigenvalue weighted by Gasteiger charge is -2.19. The molecule has 6 heteroatoms. The third-order valence-corrected chi connectivity index (χ3v) is 2.89. The maximum Gasteiger partial charge on any atom is 0.407 e. The fraction of sp³-hybridized carbons (Fsp3) is 0.500. The van der Waals surface area contributed by atoms with Gasteiger partial charge in [-0.1, -0.05) is 6.07 Å². The van der Waals surface area contributed by atoms with Gasteiger partial charge in [0, 0.05) is 19.6 Å². The van der Waals surface area contributed by atoms with Crippen molar-refractivity contribution in [3.8, 4) is 0 Å². The summed E-state index contributed by atoms with van der Waals surface area (Å²) in [6.07, 6.45) is -0.427. The fourth-order valence-electron chi connectivity index (χ4n) is 1.45. The number of benzene rings is 1. The Morgan fingerprint density at radius 3 is 2.65 bits per heavy atom. The first kappa shape index (κ1) is 16.9. The molecule has 0 aromatic heterocycles. The van der Waals surface area contributed by atoms with E-state index < -0.39 is 11.7 Å². The van der Waals surface area contributed by atoms with E-state index in [-0.39, 0.29) is 5.82 Å². The molecular formula is C14H20BrFN2O2. The molecule has 0 atom stereocenters. The Balaban J connectivity index is 2.19. The number of ether oxygens (including phenoxy) is 1. The molecule has 0 radical (unpaired) electrons. The first-order valence-electron chi connectivity index (χ1n) is 6.39. The minimum atomic E-state index is -0.488. The minimum absolute atomic E-state index is 0.277. The van der Waals surface area contributed by atoms with Crippen LogP contribution in [0.15, 0.2) is 22.7 Å². The van der Waals surface area contributed by atoms with E-state index in [9.17, 15) is 9.18 Å². The second kappa shape index (κ2) is 7.59. The first-order valence-corrected chi connectivity index (χ1v) is 7.19. The Kier molecular flexibility index (Phi) is 6.42. The fourth-order valence-corrected chi connectivity index (χ4v) is 1.88. The zero-order valence-corrected chi connectivity index (χ0v) is 13.5. The molecule has 0 saturated heterocycles. The number of hydrogen-bond acceptors (Lipinski definition) is 3. The predicted molar refractivity (Wildman–Crippen MR) is 80.0 cm³/mol. The van der Waals surface area contributed by atoms with Crippen LogP contribution in [0.1, 0.15) is 26.3 Å². The predicted octanol–water partition coefficient (Wildman–Crippen LogP) is 3.20. The zero-order valence-electron chi connectivity index (χ0n) is 11.9. The number of rotatable bonds is 5. The largest absolute Gasteiger partial charge is 0.444 e. The molecule has 4 nitrogen and oxygen atoms in total. The van der Waals surface area contributed by atoms with Gasteiger partial charge >= 0.3 is 6.09 Å². The maximum atomic E-state index is 13.0. The van der Waals surface area contributed by atoms with E-state index in [1.807, 2.05) is 20.8 Å². The maximum absolute atomic E-state index is 13.0. The highest BCUT2D eigenvalue weighted by molar-refractivity contribution is 9.10. The van der Waals surface area contributed by atoms with Gasteiger partial charge in [-0.15, -0.1) is 0 Å². The summed E-state index contributed by atoms with van der Waals surface area (Å²) in [7, 11) is 0. The monoisotopic (exact) mass is 346 g/mol. The number of alkyl carbamates (subject to hydrolysis) is 1. The topological polar surface area (TPSA) is 50.4 Å². The number of carbonyl (C=O) groups excluding carboxylic acids is 1. The van der Waals surface area contributed by atoms with E-state index in [0.717, 1.165) is 5.56 Å². The average molecular weight is 347 g/mol. The van der Waals surface area contributed by atoms with Crippen molar-refractivity contribution in [2.24, 2.45) is 0 Å². The van der Waals surface area contributed by atoms with Crippen molar-refractivity contribution in [2.45, 2.75) is 32.9 Å². The van der Waals surface area contributed by atoms with Crippen molar-refractivity contribution in [3.05, 3.63) is 34.1 Å². The molecule has 0 aliphatic rings. The normalized spacial score (nSPS) is 11.2. The molecule has 112 valence electrons. The third kappa shape index (κ3) is 6.86. The number of amides is 1.